The number of hydrogen-bond donors (Lipinski definition) is 2. The lowest BCUT2D eigenvalue weighted by atomic mass is 10.0. The average molecular weight is 379 g/mol. The second-order valence-corrected chi connectivity index (χ2v) is 4.56. The zero-order valence-corrected chi connectivity index (χ0v) is 14.6. The molecule has 0 aliphatic carbocycles. The van der Waals surface area contributed by atoms with E-state index in [1.54, 1.807) is 0 Å². The molecule has 1 aromatic rings. The Labute approximate surface area is 148 Å². The normalized spacial score (nSPS) is 11.5. The summed E-state index contributed by atoms with van der Waals surface area (Å²) >= 11 is 0. The van der Waals surface area contributed by atoms with E-state index >= 15 is 0 Å². The standard InChI is InChI=1S/C14H14F3NO6.C2H6/c1-23-10-4-3-7(5-11(10)24-2)9(19)6-8(12(20)21)18-13(22)14(15,16)17;1-2/h3-5,8H,6H2,1-2H3,(H,18,22)(H,20,21);1-2H3. The average Bonchev–Trinajstić information content (AvgIpc) is 2.60. The molecule has 0 fully saturated rings. The number of carboxylic acids is 1. The number of ether oxygens (including phenoxy) is 2. The first-order chi connectivity index (χ1) is 12.1. The van der Waals surface area contributed by atoms with E-state index in [0.29, 0.717) is 5.75 Å². The van der Waals surface area contributed by atoms with Crippen molar-refractivity contribution in [3.63, 3.8) is 0 Å². The smallest absolute Gasteiger partial charge is 0.471 e. The molecular formula is C16H20F3NO6. The third-order valence-electron chi connectivity index (χ3n) is 2.96. The Hall–Kier alpha value is -2.78. The Kier molecular flexibility index (Phi) is 9.17. The number of methoxy groups -OCH3 is 2. The molecule has 0 spiro atoms. The van der Waals surface area contributed by atoms with Gasteiger partial charge in [-0.15, -0.1) is 0 Å². The summed E-state index contributed by atoms with van der Waals surface area (Å²) in [5, 5.41) is 10.2. The Bertz CT molecular complexity index is 645. The van der Waals surface area contributed by atoms with Crippen LogP contribution in [0, 0.1) is 0 Å². The topological polar surface area (TPSA) is 102 Å². The van der Waals surface area contributed by atoms with Crippen molar-refractivity contribution in [1.29, 1.82) is 0 Å². The van der Waals surface area contributed by atoms with Gasteiger partial charge in [-0.3, -0.25) is 9.59 Å². The highest BCUT2D eigenvalue weighted by atomic mass is 19.4. The van der Waals surface area contributed by atoms with E-state index in [4.69, 9.17) is 14.6 Å². The molecule has 1 atom stereocenters. The molecule has 0 aliphatic rings. The van der Waals surface area contributed by atoms with Crippen molar-refractivity contribution in [2.45, 2.75) is 32.5 Å². The molecule has 0 bridgehead atoms. The molecule has 1 amide bonds. The van der Waals surface area contributed by atoms with Gasteiger partial charge in [0.25, 0.3) is 0 Å². The third kappa shape index (κ3) is 6.61. The van der Waals surface area contributed by atoms with Crippen molar-refractivity contribution in [1.82, 2.24) is 5.32 Å². The molecule has 1 aromatic carbocycles. The maximum Gasteiger partial charge on any atom is 0.471 e. The summed E-state index contributed by atoms with van der Waals surface area (Å²) in [5.41, 5.74) is 0.000146. The van der Waals surface area contributed by atoms with Gasteiger partial charge >= 0.3 is 18.1 Å². The van der Waals surface area contributed by atoms with Crippen LogP contribution in [-0.2, 0) is 9.59 Å². The molecule has 1 unspecified atom stereocenters. The third-order valence-corrected chi connectivity index (χ3v) is 2.96. The predicted octanol–water partition coefficient (Wildman–Crippen LogP) is 2.43. The van der Waals surface area contributed by atoms with Crippen LogP contribution in [0.25, 0.3) is 0 Å². The molecule has 2 N–H and O–H groups in total. The second kappa shape index (κ2) is 10.3. The lowest BCUT2D eigenvalue weighted by Crippen LogP contribution is -2.47. The number of Topliss-reactive ketones (excluding diaryl/α,β-unsaturated/α-hetero) is 1. The van der Waals surface area contributed by atoms with Crippen LogP contribution < -0.4 is 14.8 Å². The molecule has 0 aromatic heterocycles. The molecule has 10 heteroatoms. The maximum atomic E-state index is 12.2. The summed E-state index contributed by atoms with van der Waals surface area (Å²) in [4.78, 5) is 33.9. The fourth-order valence-electron chi connectivity index (χ4n) is 1.75. The fraction of sp³-hybridized carbons (Fsp3) is 0.438. The lowest BCUT2D eigenvalue weighted by molar-refractivity contribution is -0.175. The molecule has 7 nitrogen and oxygen atoms in total. The van der Waals surface area contributed by atoms with E-state index in [0.717, 1.165) is 0 Å². The fourth-order valence-corrected chi connectivity index (χ4v) is 1.75. The first-order valence-corrected chi connectivity index (χ1v) is 7.45. The maximum absolute atomic E-state index is 12.2. The van der Waals surface area contributed by atoms with Gasteiger partial charge in [0.15, 0.2) is 17.3 Å². The molecule has 1 rings (SSSR count). The Balaban J connectivity index is 0.00000301. The van der Waals surface area contributed by atoms with E-state index < -0.39 is 36.3 Å². The minimum Gasteiger partial charge on any atom is -0.493 e. The highest BCUT2D eigenvalue weighted by molar-refractivity contribution is 6.00. The molecule has 0 heterocycles. The van der Waals surface area contributed by atoms with Gasteiger partial charge in [0, 0.05) is 12.0 Å². The molecule has 0 saturated heterocycles. The first kappa shape index (κ1) is 23.2. The minimum absolute atomic E-state index is 0.000146. The Morgan fingerprint density at radius 2 is 1.65 bits per heavy atom. The highest BCUT2D eigenvalue weighted by Crippen LogP contribution is 2.28. The summed E-state index contributed by atoms with van der Waals surface area (Å²) in [6.07, 6.45) is -6.10. The second-order valence-electron chi connectivity index (χ2n) is 4.56. The van der Waals surface area contributed by atoms with Crippen LogP contribution in [0.5, 0.6) is 11.5 Å². The number of alkyl halides is 3. The SMILES string of the molecule is CC.COc1ccc(C(=O)CC(NC(=O)C(F)(F)F)C(=O)O)cc1OC. The zero-order valence-electron chi connectivity index (χ0n) is 14.6. The number of carbonyl (C=O) groups is 3. The van der Waals surface area contributed by atoms with Crippen molar-refractivity contribution in [2.75, 3.05) is 14.2 Å². The number of halogens is 3. The summed E-state index contributed by atoms with van der Waals surface area (Å²) in [6.45, 7) is 4.00. The van der Waals surface area contributed by atoms with E-state index in [1.165, 1.54) is 37.7 Å². The number of rotatable bonds is 7. The van der Waals surface area contributed by atoms with Crippen molar-refractivity contribution in [3.05, 3.63) is 23.8 Å². The molecule has 0 aliphatic heterocycles. The van der Waals surface area contributed by atoms with Gasteiger partial charge in [-0.05, 0) is 18.2 Å². The van der Waals surface area contributed by atoms with E-state index in [2.05, 4.69) is 0 Å². The van der Waals surface area contributed by atoms with Crippen LogP contribution in [0.3, 0.4) is 0 Å². The van der Waals surface area contributed by atoms with E-state index in [1.807, 2.05) is 13.8 Å². The molecule has 0 radical (unpaired) electrons. The number of carbonyl (C=O) groups excluding carboxylic acids is 2. The first-order valence-electron chi connectivity index (χ1n) is 7.45. The van der Waals surface area contributed by atoms with Crippen LogP contribution in [0.1, 0.15) is 30.6 Å². The van der Waals surface area contributed by atoms with Crippen molar-refractivity contribution in [3.8, 4) is 11.5 Å². The predicted molar refractivity (Wildman–Crippen MR) is 85.5 cm³/mol. The van der Waals surface area contributed by atoms with Gasteiger partial charge in [-0.2, -0.15) is 13.2 Å². The van der Waals surface area contributed by atoms with Crippen molar-refractivity contribution >= 4 is 17.7 Å². The zero-order chi connectivity index (χ0) is 20.5. The number of carboxylic acid groups (broad SMARTS) is 1. The number of amides is 1. The van der Waals surface area contributed by atoms with Gasteiger partial charge in [0.2, 0.25) is 0 Å². The van der Waals surface area contributed by atoms with Crippen LogP contribution >= 0.6 is 0 Å². The van der Waals surface area contributed by atoms with Crippen molar-refractivity contribution in [2.24, 2.45) is 0 Å². The monoisotopic (exact) mass is 379 g/mol. The summed E-state index contributed by atoms with van der Waals surface area (Å²) in [5.74, 6) is -4.48. The van der Waals surface area contributed by atoms with E-state index in [9.17, 15) is 27.6 Å². The van der Waals surface area contributed by atoms with Crippen LogP contribution in [0.15, 0.2) is 18.2 Å². The molecule has 26 heavy (non-hydrogen) atoms. The number of ketones is 1. The number of hydrogen-bond acceptors (Lipinski definition) is 5. The van der Waals surface area contributed by atoms with Crippen LogP contribution in [0.4, 0.5) is 13.2 Å². The largest absolute Gasteiger partial charge is 0.493 e. The Morgan fingerprint density at radius 3 is 2.08 bits per heavy atom. The van der Waals surface area contributed by atoms with Crippen LogP contribution in [0.2, 0.25) is 0 Å². The summed E-state index contributed by atoms with van der Waals surface area (Å²) in [7, 11) is 2.68. The number of aliphatic carboxylic acids is 1. The van der Waals surface area contributed by atoms with Crippen molar-refractivity contribution < 1.29 is 42.1 Å². The molecule has 0 saturated carbocycles. The van der Waals surface area contributed by atoms with Gasteiger partial charge in [0.1, 0.15) is 6.04 Å². The summed E-state index contributed by atoms with van der Waals surface area (Å²) < 4.78 is 46.5. The Morgan fingerprint density at radius 1 is 1.12 bits per heavy atom. The lowest BCUT2D eigenvalue weighted by Gasteiger charge is -2.15. The van der Waals surface area contributed by atoms with Gasteiger partial charge in [-0.1, -0.05) is 13.8 Å². The molecule has 146 valence electrons. The quantitative estimate of drug-likeness (QED) is 0.706. The number of benzene rings is 1. The van der Waals surface area contributed by atoms with Gasteiger partial charge in [-0.25, -0.2) is 4.79 Å². The minimum atomic E-state index is -5.25. The van der Waals surface area contributed by atoms with Gasteiger partial charge < -0.3 is 19.9 Å². The summed E-state index contributed by atoms with van der Waals surface area (Å²) in [6, 6.07) is 1.93. The van der Waals surface area contributed by atoms with Gasteiger partial charge in [0.05, 0.1) is 14.2 Å². The highest BCUT2D eigenvalue weighted by Gasteiger charge is 2.41. The number of nitrogens with one attached hydrogen (secondary N) is 1. The molecular weight excluding hydrogens is 359 g/mol. The van der Waals surface area contributed by atoms with E-state index in [-0.39, 0.29) is 11.3 Å². The van der Waals surface area contributed by atoms with Crippen LogP contribution in [-0.4, -0.2) is 49.2 Å².